The average Bonchev–Trinajstić information content (AvgIpc) is 3.06. The Morgan fingerprint density at radius 3 is 2.30 bits per heavy atom. The molecule has 1 fully saturated rings. The monoisotopic (exact) mass is 289 g/mol. The van der Waals surface area contributed by atoms with Crippen molar-refractivity contribution in [2.24, 2.45) is 17.8 Å². The predicted molar refractivity (Wildman–Crippen MR) is 69.8 cm³/mol. The number of ether oxygens (including phenoxy) is 2. The highest BCUT2D eigenvalue weighted by Gasteiger charge is 2.58. The molecule has 3 N–H and O–H groups in total. The summed E-state index contributed by atoms with van der Waals surface area (Å²) in [5.41, 5.74) is -0.647. The van der Waals surface area contributed by atoms with Crippen molar-refractivity contribution in [1.29, 1.82) is 0 Å². The van der Waals surface area contributed by atoms with Gasteiger partial charge in [-0.05, 0) is 20.8 Å². The van der Waals surface area contributed by atoms with Gasteiger partial charge in [0.2, 0.25) is 0 Å². The van der Waals surface area contributed by atoms with E-state index in [9.17, 15) is 19.8 Å². The minimum absolute atomic E-state index is 0.197. The van der Waals surface area contributed by atoms with Crippen LogP contribution in [0.5, 0.6) is 0 Å². The molecule has 7 heteroatoms. The van der Waals surface area contributed by atoms with Gasteiger partial charge in [0.05, 0.1) is 25.7 Å². The second-order valence-corrected chi connectivity index (χ2v) is 5.91. The van der Waals surface area contributed by atoms with Crippen LogP contribution in [-0.4, -0.2) is 54.2 Å². The van der Waals surface area contributed by atoms with E-state index in [1.54, 1.807) is 20.8 Å². The Balaban J connectivity index is 2.63. The third kappa shape index (κ3) is 4.08. The minimum Gasteiger partial charge on any atom is -0.469 e. The number of alkyl carbamates (subject to hydrolysis) is 1. The number of aliphatic hydroxyl groups excluding tert-OH is 2. The first-order valence-electron chi connectivity index (χ1n) is 6.54. The van der Waals surface area contributed by atoms with E-state index < -0.39 is 29.6 Å². The second kappa shape index (κ2) is 6.41. The van der Waals surface area contributed by atoms with Gasteiger partial charge < -0.3 is 25.0 Å². The summed E-state index contributed by atoms with van der Waals surface area (Å²) in [6.07, 6.45) is -0.663. The first-order valence-corrected chi connectivity index (χ1v) is 6.54. The minimum atomic E-state index is -0.663. The number of amides is 1. The van der Waals surface area contributed by atoms with Crippen LogP contribution in [0.3, 0.4) is 0 Å². The van der Waals surface area contributed by atoms with Gasteiger partial charge in [0.1, 0.15) is 5.60 Å². The Hall–Kier alpha value is -1.34. The van der Waals surface area contributed by atoms with Crippen molar-refractivity contribution in [3.05, 3.63) is 0 Å². The molecule has 1 rings (SSSR count). The molecule has 0 bridgehead atoms. The maximum absolute atomic E-state index is 11.7. The van der Waals surface area contributed by atoms with Crippen molar-refractivity contribution in [1.82, 2.24) is 5.32 Å². The Morgan fingerprint density at radius 1 is 1.30 bits per heavy atom. The fourth-order valence-corrected chi connectivity index (χ4v) is 2.37. The number of rotatable bonds is 5. The van der Waals surface area contributed by atoms with E-state index in [1.807, 2.05) is 0 Å². The number of esters is 1. The zero-order valence-corrected chi connectivity index (χ0v) is 12.3. The summed E-state index contributed by atoms with van der Waals surface area (Å²) in [5, 5.41) is 21.1. The SMILES string of the molecule is COC(=O)[C@H]1C(CO)[C@@H]1[C@@H](CO)NC(=O)OC(C)(C)C. The molecule has 116 valence electrons. The van der Waals surface area contributed by atoms with E-state index >= 15 is 0 Å². The molecule has 1 amide bonds. The van der Waals surface area contributed by atoms with Crippen LogP contribution in [0.1, 0.15) is 20.8 Å². The van der Waals surface area contributed by atoms with E-state index in [1.165, 1.54) is 7.11 Å². The number of methoxy groups -OCH3 is 1. The van der Waals surface area contributed by atoms with Gasteiger partial charge in [0, 0.05) is 18.4 Å². The normalized spacial score (nSPS) is 26.6. The molecule has 7 nitrogen and oxygen atoms in total. The van der Waals surface area contributed by atoms with Gasteiger partial charge >= 0.3 is 12.1 Å². The topological polar surface area (TPSA) is 105 Å². The molecule has 20 heavy (non-hydrogen) atoms. The third-order valence-electron chi connectivity index (χ3n) is 3.28. The maximum Gasteiger partial charge on any atom is 0.407 e. The number of carbonyl (C=O) groups is 2. The Bertz CT molecular complexity index is 364. The zero-order valence-electron chi connectivity index (χ0n) is 12.3. The van der Waals surface area contributed by atoms with Crippen molar-refractivity contribution in [2.75, 3.05) is 20.3 Å². The van der Waals surface area contributed by atoms with Crippen LogP contribution < -0.4 is 5.32 Å². The van der Waals surface area contributed by atoms with Gasteiger partial charge in [-0.3, -0.25) is 4.79 Å². The van der Waals surface area contributed by atoms with E-state index in [2.05, 4.69) is 10.1 Å². The summed E-state index contributed by atoms with van der Waals surface area (Å²) in [7, 11) is 1.27. The van der Waals surface area contributed by atoms with Gasteiger partial charge in [0.25, 0.3) is 0 Å². The first kappa shape index (κ1) is 16.7. The fourth-order valence-electron chi connectivity index (χ4n) is 2.37. The lowest BCUT2D eigenvalue weighted by atomic mass is 10.1. The molecule has 0 radical (unpaired) electrons. The van der Waals surface area contributed by atoms with Crippen LogP contribution >= 0.6 is 0 Å². The highest BCUT2D eigenvalue weighted by atomic mass is 16.6. The molecular weight excluding hydrogens is 266 g/mol. The highest BCUT2D eigenvalue weighted by molar-refractivity contribution is 5.77. The summed E-state index contributed by atoms with van der Waals surface area (Å²) >= 11 is 0. The van der Waals surface area contributed by atoms with E-state index in [-0.39, 0.29) is 25.0 Å². The van der Waals surface area contributed by atoms with Crippen molar-refractivity contribution < 1.29 is 29.3 Å². The van der Waals surface area contributed by atoms with Gasteiger partial charge in [-0.1, -0.05) is 0 Å². The number of carbonyl (C=O) groups excluding carboxylic acids is 2. The number of nitrogens with one attached hydrogen (secondary N) is 1. The lowest BCUT2D eigenvalue weighted by Crippen LogP contribution is -2.43. The standard InChI is InChI=1S/C13H23NO6/c1-13(2,3)20-12(18)14-8(6-16)9-7(5-15)10(9)11(17)19-4/h7-10,15-16H,5-6H2,1-4H3,(H,14,18)/t7?,8-,9-,10+/m1/s1. The van der Waals surface area contributed by atoms with Crippen molar-refractivity contribution in [3.8, 4) is 0 Å². The lowest BCUT2D eigenvalue weighted by molar-refractivity contribution is -0.143. The fraction of sp³-hybridized carbons (Fsp3) is 0.846. The summed E-state index contributed by atoms with van der Waals surface area (Å²) in [5.74, 6) is -1.60. The summed E-state index contributed by atoms with van der Waals surface area (Å²) in [4.78, 5) is 23.2. The van der Waals surface area contributed by atoms with E-state index in [0.29, 0.717) is 0 Å². The highest BCUT2D eigenvalue weighted by Crippen LogP contribution is 2.48. The van der Waals surface area contributed by atoms with Crippen LogP contribution in [0, 0.1) is 17.8 Å². The molecule has 0 spiro atoms. The molecule has 0 heterocycles. The summed E-state index contributed by atoms with van der Waals surface area (Å²) in [6, 6.07) is -0.647. The molecule has 0 saturated heterocycles. The van der Waals surface area contributed by atoms with Gasteiger partial charge in [0.15, 0.2) is 0 Å². The Morgan fingerprint density at radius 2 is 1.90 bits per heavy atom. The molecule has 0 aromatic carbocycles. The smallest absolute Gasteiger partial charge is 0.407 e. The number of hydrogen-bond donors (Lipinski definition) is 3. The molecule has 1 aliphatic rings. The predicted octanol–water partition coefficient (Wildman–Crippen LogP) is -0.101. The Labute approximate surface area is 118 Å². The zero-order chi connectivity index (χ0) is 15.5. The molecule has 0 aromatic heterocycles. The average molecular weight is 289 g/mol. The Kier molecular flexibility index (Phi) is 5.35. The lowest BCUT2D eigenvalue weighted by Gasteiger charge is -2.23. The van der Waals surface area contributed by atoms with Crippen LogP contribution in [0.4, 0.5) is 4.79 Å². The number of hydrogen-bond acceptors (Lipinski definition) is 6. The van der Waals surface area contributed by atoms with Gasteiger partial charge in [-0.25, -0.2) is 4.79 Å². The van der Waals surface area contributed by atoms with Crippen LogP contribution in [0.15, 0.2) is 0 Å². The van der Waals surface area contributed by atoms with Crippen LogP contribution in [-0.2, 0) is 14.3 Å². The van der Waals surface area contributed by atoms with Crippen molar-refractivity contribution in [3.63, 3.8) is 0 Å². The summed E-state index contributed by atoms with van der Waals surface area (Å²) < 4.78 is 9.74. The van der Waals surface area contributed by atoms with Crippen molar-refractivity contribution in [2.45, 2.75) is 32.4 Å². The summed E-state index contributed by atoms with van der Waals surface area (Å²) in [6.45, 7) is 4.65. The first-order chi connectivity index (χ1) is 9.25. The molecular formula is C13H23NO6. The van der Waals surface area contributed by atoms with Gasteiger partial charge in [-0.15, -0.1) is 0 Å². The molecule has 1 saturated carbocycles. The van der Waals surface area contributed by atoms with E-state index in [4.69, 9.17) is 4.74 Å². The quantitative estimate of drug-likeness (QED) is 0.610. The second-order valence-electron chi connectivity index (χ2n) is 5.91. The van der Waals surface area contributed by atoms with Crippen LogP contribution in [0.2, 0.25) is 0 Å². The molecule has 4 atom stereocenters. The van der Waals surface area contributed by atoms with Crippen LogP contribution in [0.25, 0.3) is 0 Å². The molecule has 1 aliphatic carbocycles. The third-order valence-corrected chi connectivity index (χ3v) is 3.28. The maximum atomic E-state index is 11.7. The molecule has 1 unspecified atom stereocenters. The number of aliphatic hydroxyl groups is 2. The largest absolute Gasteiger partial charge is 0.469 e. The van der Waals surface area contributed by atoms with Gasteiger partial charge in [-0.2, -0.15) is 0 Å². The molecule has 0 aliphatic heterocycles. The van der Waals surface area contributed by atoms with Crippen molar-refractivity contribution >= 4 is 12.1 Å². The van der Waals surface area contributed by atoms with E-state index in [0.717, 1.165) is 0 Å². The molecule has 0 aromatic rings.